The molecule has 9 heteroatoms. The van der Waals surface area contributed by atoms with Gasteiger partial charge in [0, 0.05) is 31.7 Å². The van der Waals surface area contributed by atoms with Crippen LogP contribution in [0.2, 0.25) is 0 Å². The molecular formula is C23H26FN3O4S. The van der Waals surface area contributed by atoms with E-state index in [1.165, 1.54) is 30.6 Å². The summed E-state index contributed by atoms with van der Waals surface area (Å²) in [6, 6.07) is 9.56. The number of hydrogen-bond acceptors (Lipinski definition) is 7. The summed E-state index contributed by atoms with van der Waals surface area (Å²) in [5, 5.41) is 0.548. The zero-order valence-corrected chi connectivity index (χ0v) is 19.0. The Labute approximate surface area is 190 Å². The van der Waals surface area contributed by atoms with Crippen LogP contribution in [0.5, 0.6) is 11.5 Å². The molecular weight excluding hydrogens is 433 g/mol. The van der Waals surface area contributed by atoms with E-state index in [4.69, 9.17) is 14.2 Å². The minimum absolute atomic E-state index is 0.188. The van der Waals surface area contributed by atoms with Crippen LogP contribution in [0.25, 0.3) is 10.2 Å². The van der Waals surface area contributed by atoms with Crippen molar-refractivity contribution in [1.29, 1.82) is 0 Å². The molecule has 0 atom stereocenters. The summed E-state index contributed by atoms with van der Waals surface area (Å²) in [4.78, 5) is 22.1. The van der Waals surface area contributed by atoms with E-state index in [1.54, 1.807) is 36.3 Å². The van der Waals surface area contributed by atoms with E-state index in [1.807, 2.05) is 0 Å². The number of carbonyl (C=O) groups excluding carboxylic acids is 1. The van der Waals surface area contributed by atoms with E-state index in [0.29, 0.717) is 39.0 Å². The molecule has 1 fully saturated rings. The monoisotopic (exact) mass is 459 g/mol. The van der Waals surface area contributed by atoms with Crippen molar-refractivity contribution in [2.75, 3.05) is 58.5 Å². The third-order valence-corrected chi connectivity index (χ3v) is 6.45. The second-order valence-corrected chi connectivity index (χ2v) is 8.45. The summed E-state index contributed by atoms with van der Waals surface area (Å²) in [6.45, 7) is 4.61. The molecule has 3 aromatic rings. The number of anilines is 1. The third-order valence-electron chi connectivity index (χ3n) is 5.41. The van der Waals surface area contributed by atoms with E-state index in [-0.39, 0.29) is 11.7 Å². The van der Waals surface area contributed by atoms with E-state index >= 15 is 0 Å². The lowest BCUT2D eigenvalue weighted by Gasteiger charge is -2.27. The number of nitrogens with zero attached hydrogens (tertiary/aromatic N) is 3. The summed E-state index contributed by atoms with van der Waals surface area (Å²) in [5.74, 6) is 0.529. The van der Waals surface area contributed by atoms with Crippen molar-refractivity contribution in [1.82, 2.24) is 9.88 Å². The highest BCUT2D eigenvalue weighted by molar-refractivity contribution is 7.22. The smallest absolute Gasteiger partial charge is 0.260 e. The Hall–Kier alpha value is -2.75. The van der Waals surface area contributed by atoms with Gasteiger partial charge in [-0.05, 0) is 42.8 Å². The lowest BCUT2D eigenvalue weighted by atomic mass is 10.1. The maximum atomic E-state index is 13.7. The number of morpholine rings is 1. The maximum Gasteiger partial charge on any atom is 0.260 e. The Morgan fingerprint density at radius 1 is 1.16 bits per heavy atom. The van der Waals surface area contributed by atoms with Crippen LogP contribution in [0.3, 0.4) is 0 Å². The number of carbonyl (C=O) groups is 1. The van der Waals surface area contributed by atoms with Gasteiger partial charge in [0.1, 0.15) is 5.82 Å². The summed E-state index contributed by atoms with van der Waals surface area (Å²) < 4.78 is 30.5. The first-order valence-electron chi connectivity index (χ1n) is 10.5. The molecule has 4 rings (SSSR count). The molecule has 32 heavy (non-hydrogen) atoms. The van der Waals surface area contributed by atoms with Gasteiger partial charge in [0.2, 0.25) is 0 Å². The van der Waals surface area contributed by atoms with Crippen molar-refractivity contribution in [2.24, 2.45) is 0 Å². The quantitative estimate of drug-likeness (QED) is 0.510. The Bertz CT molecular complexity index is 1080. The average molecular weight is 460 g/mol. The van der Waals surface area contributed by atoms with Gasteiger partial charge in [-0.15, -0.1) is 0 Å². The molecule has 7 nitrogen and oxygen atoms in total. The van der Waals surface area contributed by atoms with Gasteiger partial charge in [0.15, 0.2) is 16.6 Å². The van der Waals surface area contributed by atoms with Crippen LogP contribution < -0.4 is 14.4 Å². The molecule has 170 valence electrons. The normalized spacial score (nSPS) is 14.5. The molecule has 1 saturated heterocycles. The largest absolute Gasteiger partial charge is 0.493 e. The summed E-state index contributed by atoms with van der Waals surface area (Å²) >= 11 is 1.31. The minimum atomic E-state index is -0.321. The van der Waals surface area contributed by atoms with Crippen LogP contribution in [-0.4, -0.2) is 69.4 Å². The molecule has 2 heterocycles. The Morgan fingerprint density at radius 2 is 1.94 bits per heavy atom. The molecule has 2 aromatic carbocycles. The van der Waals surface area contributed by atoms with E-state index in [9.17, 15) is 9.18 Å². The highest BCUT2D eigenvalue weighted by Crippen LogP contribution is 2.32. The van der Waals surface area contributed by atoms with Crippen LogP contribution >= 0.6 is 11.3 Å². The van der Waals surface area contributed by atoms with Crippen LogP contribution in [-0.2, 0) is 4.74 Å². The number of ether oxygens (including phenoxy) is 3. The number of amides is 1. The molecule has 0 spiro atoms. The maximum absolute atomic E-state index is 13.7. The first-order chi connectivity index (χ1) is 15.6. The van der Waals surface area contributed by atoms with Crippen LogP contribution in [0, 0.1) is 5.82 Å². The van der Waals surface area contributed by atoms with Gasteiger partial charge < -0.3 is 14.2 Å². The van der Waals surface area contributed by atoms with Gasteiger partial charge >= 0.3 is 0 Å². The number of benzene rings is 2. The second-order valence-electron chi connectivity index (χ2n) is 7.44. The van der Waals surface area contributed by atoms with Gasteiger partial charge in [-0.2, -0.15) is 0 Å². The number of thiazole rings is 1. The molecule has 1 aliphatic heterocycles. The topological polar surface area (TPSA) is 64.1 Å². The predicted molar refractivity (Wildman–Crippen MR) is 123 cm³/mol. The fraction of sp³-hybridized carbons (Fsp3) is 0.391. The van der Waals surface area contributed by atoms with Crippen LogP contribution in [0.15, 0.2) is 36.4 Å². The van der Waals surface area contributed by atoms with Crippen LogP contribution in [0.4, 0.5) is 9.52 Å². The van der Waals surface area contributed by atoms with Crippen molar-refractivity contribution in [2.45, 2.75) is 6.42 Å². The Morgan fingerprint density at radius 3 is 2.69 bits per heavy atom. The molecule has 0 bridgehead atoms. The van der Waals surface area contributed by atoms with Gasteiger partial charge in [0.05, 0.1) is 37.6 Å². The van der Waals surface area contributed by atoms with Crippen molar-refractivity contribution in [3.63, 3.8) is 0 Å². The number of aromatic nitrogens is 1. The van der Waals surface area contributed by atoms with Crippen molar-refractivity contribution in [3.05, 3.63) is 47.8 Å². The SMILES string of the molecule is COc1ccc(C(=O)N(CCCN2CCOCC2)c2nc3ccc(F)cc3s2)cc1OC. The van der Waals surface area contributed by atoms with Gasteiger partial charge in [-0.25, -0.2) is 9.37 Å². The average Bonchev–Trinajstić information content (AvgIpc) is 3.24. The van der Waals surface area contributed by atoms with Crippen LogP contribution in [0.1, 0.15) is 16.8 Å². The summed E-state index contributed by atoms with van der Waals surface area (Å²) in [7, 11) is 3.09. The molecule has 1 amide bonds. The lowest BCUT2D eigenvalue weighted by molar-refractivity contribution is 0.0376. The molecule has 0 N–H and O–H groups in total. The molecule has 1 aliphatic rings. The second kappa shape index (κ2) is 10.2. The third kappa shape index (κ3) is 5.01. The predicted octanol–water partition coefficient (Wildman–Crippen LogP) is 3.82. The van der Waals surface area contributed by atoms with E-state index in [2.05, 4.69) is 9.88 Å². The fourth-order valence-electron chi connectivity index (χ4n) is 3.69. The van der Waals surface area contributed by atoms with Gasteiger partial charge in [-0.3, -0.25) is 14.6 Å². The van der Waals surface area contributed by atoms with Crippen molar-refractivity contribution < 1.29 is 23.4 Å². The number of halogens is 1. The number of fused-ring (bicyclic) bond motifs is 1. The Balaban J connectivity index is 1.60. The minimum Gasteiger partial charge on any atom is -0.493 e. The van der Waals surface area contributed by atoms with E-state index in [0.717, 1.165) is 39.3 Å². The highest BCUT2D eigenvalue weighted by atomic mass is 32.1. The van der Waals surface area contributed by atoms with Crippen molar-refractivity contribution >= 4 is 32.6 Å². The molecule has 0 radical (unpaired) electrons. The lowest BCUT2D eigenvalue weighted by Crippen LogP contribution is -2.39. The zero-order chi connectivity index (χ0) is 22.5. The molecule has 1 aromatic heterocycles. The first kappa shape index (κ1) is 22.4. The number of rotatable bonds is 8. The van der Waals surface area contributed by atoms with Gasteiger partial charge in [0.25, 0.3) is 5.91 Å². The fourth-order valence-corrected chi connectivity index (χ4v) is 4.70. The molecule has 0 saturated carbocycles. The number of hydrogen-bond donors (Lipinski definition) is 0. The standard InChI is InChI=1S/C23H26FN3O4S/c1-29-19-7-4-16(14-20(19)30-2)22(28)27(9-3-8-26-10-12-31-13-11-26)23-25-18-6-5-17(24)15-21(18)32-23/h4-7,14-15H,3,8-13H2,1-2H3. The van der Waals surface area contributed by atoms with E-state index < -0.39 is 0 Å². The zero-order valence-electron chi connectivity index (χ0n) is 18.2. The van der Waals surface area contributed by atoms with Gasteiger partial charge in [-0.1, -0.05) is 11.3 Å². The molecule has 0 aliphatic carbocycles. The van der Waals surface area contributed by atoms with Crippen molar-refractivity contribution in [3.8, 4) is 11.5 Å². The number of methoxy groups -OCH3 is 2. The molecule has 0 unspecified atom stereocenters. The summed E-state index contributed by atoms with van der Waals surface area (Å²) in [5.41, 5.74) is 1.14. The first-order valence-corrected chi connectivity index (χ1v) is 11.3. The summed E-state index contributed by atoms with van der Waals surface area (Å²) in [6.07, 6.45) is 0.781. The highest BCUT2D eigenvalue weighted by Gasteiger charge is 2.23. The Kier molecular flexibility index (Phi) is 7.19.